The van der Waals surface area contributed by atoms with Gasteiger partial charge in [0.25, 0.3) is 0 Å². The molecule has 1 aliphatic heterocycles. The zero-order valence-corrected chi connectivity index (χ0v) is 17.1. The second-order valence-corrected chi connectivity index (χ2v) is 7.71. The Morgan fingerprint density at radius 1 is 1.10 bits per heavy atom. The smallest absolute Gasteiger partial charge is 0.144 e. The summed E-state index contributed by atoms with van der Waals surface area (Å²) in [6.07, 6.45) is 4.30. The summed E-state index contributed by atoms with van der Waals surface area (Å²) in [4.78, 5) is 17.9. The number of pyridine rings is 2. The summed E-state index contributed by atoms with van der Waals surface area (Å²) in [5, 5.41) is 4.56. The van der Waals surface area contributed by atoms with Crippen LogP contribution in [0.2, 0.25) is 0 Å². The molecule has 0 saturated heterocycles. The van der Waals surface area contributed by atoms with Crippen molar-refractivity contribution < 1.29 is 4.74 Å². The summed E-state index contributed by atoms with van der Waals surface area (Å²) in [7, 11) is 0. The van der Waals surface area contributed by atoms with E-state index in [0.29, 0.717) is 0 Å². The van der Waals surface area contributed by atoms with Gasteiger partial charge in [-0.1, -0.05) is 19.1 Å². The van der Waals surface area contributed by atoms with Crippen LogP contribution in [-0.2, 0) is 6.42 Å². The van der Waals surface area contributed by atoms with Crippen molar-refractivity contribution in [3.63, 3.8) is 0 Å². The van der Waals surface area contributed by atoms with Crippen LogP contribution >= 0.6 is 0 Å². The maximum Gasteiger partial charge on any atom is 0.144 e. The lowest BCUT2D eigenvalue weighted by molar-refractivity contribution is 0.352. The highest BCUT2D eigenvalue weighted by molar-refractivity contribution is 5.83. The number of nitrogens with zero attached hydrogens (tertiary/aromatic N) is 4. The van der Waals surface area contributed by atoms with Gasteiger partial charge in [0.05, 0.1) is 23.5 Å². The highest BCUT2D eigenvalue weighted by atomic mass is 16.5. The Hall–Kier alpha value is -3.54. The van der Waals surface area contributed by atoms with Crippen LogP contribution in [0, 0.1) is 6.92 Å². The zero-order chi connectivity index (χ0) is 20.5. The molecule has 0 spiro atoms. The Labute approximate surface area is 175 Å². The van der Waals surface area contributed by atoms with Crippen LogP contribution < -0.4 is 10.1 Å². The number of ether oxygens (including phenoxy) is 1. The molecule has 150 valence electrons. The first-order valence-electron chi connectivity index (χ1n) is 10.2. The lowest BCUT2D eigenvalue weighted by Gasteiger charge is -2.17. The van der Waals surface area contributed by atoms with Crippen molar-refractivity contribution in [1.29, 1.82) is 0 Å². The summed E-state index contributed by atoms with van der Waals surface area (Å²) in [5.74, 6) is 2.04. The van der Waals surface area contributed by atoms with E-state index in [0.717, 1.165) is 64.7 Å². The molecule has 3 aromatic heterocycles. The molecule has 0 saturated carbocycles. The van der Waals surface area contributed by atoms with Crippen molar-refractivity contribution in [1.82, 2.24) is 19.9 Å². The second-order valence-electron chi connectivity index (χ2n) is 7.71. The fourth-order valence-electron chi connectivity index (χ4n) is 3.92. The quantitative estimate of drug-likeness (QED) is 0.533. The summed E-state index contributed by atoms with van der Waals surface area (Å²) in [6.45, 7) is 5.70. The molecule has 1 aliphatic rings. The molecule has 0 unspecified atom stereocenters. The molecule has 6 nitrogen and oxygen atoms in total. The maximum absolute atomic E-state index is 5.85. The Morgan fingerprint density at radius 2 is 2.03 bits per heavy atom. The molecule has 4 aromatic rings. The van der Waals surface area contributed by atoms with E-state index >= 15 is 0 Å². The molecular weight excluding hydrogens is 374 g/mol. The average molecular weight is 397 g/mol. The van der Waals surface area contributed by atoms with Gasteiger partial charge in [-0.2, -0.15) is 0 Å². The van der Waals surface area contributed by atoms with Crippen LogP contribution in [0.1, 0.15) is 29.8 Å². The number of anilines is 1. The van der Waals surface area contributed by atoms with Crippen LogP contribution in [0.4, 0.5) is 5.82 Å². The molecule has 1 atom stereocenters. The minimum absolute atomic E-state index is 0.267. The molecule has 1 aromatic carbocycles. The van der Waals surface area contributed by atoms with Crippen LogP contribution in [0.15, 0.2) is 55.0 Å². The van der Waals surface area contributed by atoms with E-state index in [1.165, 1.54) is 5.56 Å². The van der Waals surface area contributed by atoms with Gasteiger partial charge in [-0.15, -0.1) is 0 Å². The monoisotopic (exact) mass is 397 g/mol. The Morgan fingerprint density at radius 3 is 2.97 bits per heavy atom. The first-order chi connectivity index (χ1) is 14.7. The molecule has 30 heavy (non-hydrogen) atoms. The molecule has 0 radical (unpaired) electrons. The number of hydrogen-bond acceptors (Lipinski definition) is 6. The third kappa shape index (κ3) is 3.56. The van der Waals surface area contributed by atoms with Crippen LogP contribution in [0.5, 0.6) is 5.75 Å². The number of benzene rings is 1. The number of nitrogens with one attached hydrogen (secondary N) is 1. The molecule has 6 heteroatoms. The minimum atomic E-state index is 0.267. The summed E-state index contributed by atoms with van der Waals surface area (Å²) >= 11 is 0. The average Bonchev–Trinajstić information content (AvgIpc) is 3.25. The van der Waals surface area contributed by atoms with E-state index in [-0.39, 0.29) is 5.92 Å². The number of hydrogen-bond donors (Lipinski definition) is 1. The van der Waals surface area contributed by atoms with E-state index in [1.807, 2.05) is 31.2 Å². The number of aromatic nitrogens is 4. The standard InChI is InChI=1S/C24H23N5O/c1-15(19-10-16(2)29-21-7-9-30-24(19)21)13-26-23-12-22(27-14-28-23)18-5-6-20-17(11-18)4-3-8-25-20/h3-6,8,10-12,14-15H,7,9,13H2,1-2H3,(H,26,27,28)/t15-/m1/s1. The third-order valence-electron chi connectivity index (χ3n) is 5.47. The van der Waals surface area contributed by atoms with E-state index in [9.17, 15) is 0 Å². The van der Waals surface area contributed by atoms with Crippen molar-refractivity contribution >= 4 is 16.7 Å². The molecule has 0 amide bonds. The van der Waals surface area contributed by atoms with E-state index in [4.69, 9.17) is 4.74 Å². The predicted molar refractivity (Wildman–Crippen MR) is 118 cm³/mol. The topological polar surface area (TPSA) is 72.8 Å². The van der Waals surface area contributed by atoms with Gasteiger partial charge in [0.15, 0.2) is 0 Å². The van der Waals surface area contributed by atoms with Gasteiger partial charge in [-0.3, -0.25) is 9.97 Å². The van der Waals surface area contributed by atoms with Crippen LogP contribution in [0.3, 0.4) is 0 Å². The Balaban J connectivity index is 1.35. The molecular formula is C24H23N5O. The van der Waals surface area contributed by atoms with Gasteiger partial charge in [-0.05, 0) is 31.2 Å². The first kappa shape index (κ1) is 18.5. The minimum Gasteiger partial charge on any atom is -0.491 e. The van der Waals surface area contributed by atoms with Crippen LogP contribution in [0.25, 0.3) is 22.2 Å². The summed E-state index contributed by atoms with van der Waals surface area (Å²) in [5.41, 5.74) is 6.23. The molecule has 4 heterocycles. The van der Waals surface area contributed by atoms with Crippen molar-refractivity contribution in [3.8, 4) is 17.0 Å². The zero-order valence-electron chi connectivity index (χ0n) is 17.1. The van der Waals surface area contributed by atoms with E-state index < -0.39 is 0 Å². The molecule has 0 fully saturated rings. The SMILES string of the molecule is Cc1cc([C@H](C)CNc2cc(-c3ccc4ncccc4c3)ncn2)c2c(n1)CCO2. The Bertz CT molecular complexity index is 1220. The largest absolute Gasteiger partial charge is 0.491 e. The first-order valence-corrected chi connectivity index (χ1v) is 10.2. The van der Waals surface area contributed by atoms with E-state index in [2.05, 4.69) is 50.4 Å². The van der Waals surface area contributed by atoms with Gasteiger partial charge in [0, 0.05) is 53.4 Å². The molecule has 1 N–H and O–H groups in total. The number of rotatable bonds is 5. The number of fused-ring (bicyclic) bond motifs is 2. The third-order valence-corrected chi connectivity index (χ3v) is 5.47. The van der Waals surface area contributed by atoms with Crippen molar-refractivity contribution in [2.24, 2.45) is 0 Å². The summed E-state index contributed by atoms with van der Waals surface area (Å²) in [6, 6.07) is 14.3. The molecule has 0 bridgehead atoms. The number of aryl methyl sites for hydroxylation is 1. The van der Waals surface area contributed by atoms with Crippen molar-refractivity contribution in [2.45, 2.75) is 26.2 Å². The maximum atomic E-state index is 5.85. The van der Waals surface area contributed by atoms with E-state index in [1.54, 1.807) is 12.5 Å². The predicted octanol–water partition coefficient (Wildman–Crippen LogP) is 4.55. The van der Waals surface area contributed by atoms with Crippen LogP contribution in [-0.4, -0.2) is 33.1 Å². The fourth-order valence-corrected chi connectivity index (χ4v) is 3.92. The van der Waals surface area contributed by atoms with Gasteiger partial charge >= 0.3 is 0 Å². The van der Waals surface area contributed by atoms with Gasteiger partial charge in [-0.25, -0.2) is 9.97 Å². The highest BCUT2D eigenvalue weighted by Gasteiger charge is 2.22. The Kier molecular flexibility index (Phi) is 4.75. The molecule has 5 rings (SSSR count). The lowest BCUT2D eigenvalue weighted by atomic mass is 9.99. The molecule has 0 aliphatic carbocycles. The normalized spacial score (nSPS) is 13.7. The highest BCUT2D eigenvalue weighted by Crippen LogP contribution is 2.34. The summed E-state index contributed by atoms with van der Waals surface area (Å²) < 4.78 is 5.85. The second kappa shape index (κ2) is 7.71. The van der Waals surface area contributed by atoms with Crippen molar-refractivity contribution in [2.75, 3.05) is 18.5 Å². The lowest BCUT2D eigenvalue weighted by Crippen LogP contribution is -2.12. The van der Waals surface area contributed by atoms with Gasteiger partial charge in [0.1, 0.15) is 17.9 Å². The van der Waals surface area contributed by atoms with Gasteiger partial charge in [0.2, 0.25) is 0 Å². The van der Waals surface area contributed by atoms with Crippen molar-refractivity contribution in [3.05, 3.63) is 71.9 Å². The van der Waals surface area contributed by atoms with Gasteiger partial charge < -0.3 is 10.1 Å². The fraction of sp³-hybridized carbons (Fsp3) is 0.250.